The van der Waals surface area contributed by atoms with E-state index in [1.165, 1.54) is 36.2 Å². The molecule has 0 unspecified atom stereocenters. The average Bonchev–Trinajstić information content (AvgIpc) is 3.37. The van der Waals surface area contributed by atoms with E-state index in [0.29, 0.717) is 18.7 Å². The normalized spacial score (nSPS) is 13.9. The van der Waals surface area contributed by atoms with Gasteiger partial charge in [-0.3, -0.25) is 9.59 Å². The summed E-state index contributed by atoms with van der Waals surface area (Å²) in [6.45, 7) is 3.88. The lowest BCUT2D eigenvalue weighted by atomic mass is 9.94. The largest absolute Gasteiger partial charge is 0.345 e. The molecule has 0 radical (unpaired) electrons. The van der Waals surface area contributed by atoms with Gasteiger partial charge in [0.2, 0.25) is 5.91 Å². The fourth-order valence-electron chi connectivity index (χ4n) is 5.15. The van der Waals surface area contributed by atoms with E-state index in [4.69, 9.17) is 0 Å². The predicted octanol–water partition coefficient (Wildman–Crippen LogP) is 6.28. The molecule has 0 aliphatic heterocycles. The van der Waals surface area contributed by atoms with Crippen molar-refractivity contribution >= 4 is 11.8 Å². The van der Waals surface area contributed by atoms with Gasteiger partial charge in [-0.2, -0.15) is 0 Å². The van der Waals surface area contributed by atoms with Crippen LogP contribution in [0.3, 0.4) is 0 Å². The Bertz CT molecular complexity index is 1140. The van der Waals surface area contributed by atoms with Crippen molar-refractivity contribution in [1.82, 2.24) is 14.4 Å². The van der Waals surface area contributed by atoms with Crippen LogP contribution in [0, 0.1) is 5.82 Å². The van der Waals surface area contributed by atoms with Crippen molar-refractivity contribution < 1.29 is 14.0 Å². The van der Waals surface area contributed by atoms with E-state index >= 15 is 0 Å². The van der Waals surface area contributed by atoms with Gasteiger partial charge in [-0.1, -0.05) is 62.9 Å². The van der Waals surface area contributed by atoms with Crippen molar-refractivity contribution in [1.29, 1.82) is 0 Å². The number of benzene rings is 2. The highest BCUT2D eigenvalue weighted by Crippen LogP contribution is 2.25. The molecule has 0 saturated heterocycles. The molecule has 0 spiro atoms. The Hall–Kier alpha value is -3.41. The van der Waals surface area contributed by atoms with Crippen LogP contribution < -0.4 is 0 Å². The standard InChI is InChI=1S/C31H38FN3O2/c1-2-3-20-34(31(37)26-16-18-27(32)19-17-26)24-30(36)35(28-13-8-5-9-14-28)23-29-15-10-21-33(29)22-25-11-6-4-7-12-25/h4,6-7,10-12,15-19,21,28H,2-3,5,8-9,13-14,20,22-24H2,1H3. The minimum atomic E-state index is -0.380. The van der Waals surface area contributed by atoms with Crippen LogP contribution in [0.1, 0.15) is 73.5 Å². The summed E-state index contributed by atoms with van der Waals surface area (Å²) in [5, 5.41) is 0. The quantitative estimate of drug-likeness (QED) is 0.309. The molecule has 37 heavy (non-hydrogen) atoms. The van der Waals surface area contributed by atoms with Crippen molar-refractivity contribution in [3.8, 4) is 0 Å². The number of hydrogen-bond donors (Lipinski definition) is 0. The number of nitrogens with zero attached hydrogens (tertiary/aromatic N) is 3. The maximum Gasteiger partial charge on any atom is 0.254 e. The van der Waals surface area contributed by atoms with Crippen molar-refractivity contribution in [2.45, 2.75) is 71.0 Å². The van der Waals surface area contributed by atoms with Gasteiger partial charge in [-0.15, -0.1) is 0 Å². The van der Waals surface area contributed by atoms with Crippen LogP contribution in [-0.2, 0) is 17.9 Å². The van der Waals surface area contributed by atoms with Gasteiger partial charge in [0.15, 0.2) is 0 Å². The second kappa shape index (κ2) is 13.2. The highest BCUT2D eigenvalue weighted by atomic mass is 19.1. The van der Waals surface area contributed by atoms with Crippen molar-refractivity contribution in [2.24, 2.45) is 0 Å². The molecule has 0 atom stereocenters. The maximum atomic E-state index is 13.9. The third kappa shape index (κ3) is 7.31. The summed E-state index contributed by atoms with van der Waals surface area (Å²) in [6, 6.07) is 20.2. The summed E-state index contributed by atoms with van der Waals surface area (Å²) in [7, 11) is 0. The van der Waals surface area contributed by atoms with Gasteiger partial charge >= 0.3 is 0 Å². The summed E-state index contributed by atoms with van der Waals surface area (Å²) < 4.78 is 15.6. The number of halogens is 1. The molecule has 1 aromatic heterocycles. The zero-order valence-corrected chi connectivity index (χ0v) is 21.8. The lowest BCUT2D eigenvalue weighted by Crippen LogP contribution is -2.47. The molecule has 4 rings (SSSR count). The van der Waals surface area contributed by atoms with E-state index in [1.807, 2.05) is 29.2 Å². The molecule has 3 aromatic rings. The molecule has 1 aliphatic rings. The highest BCUT2D eigenvalue weighted by Gasteiger charge is 2.29. The van der Waals surface area contributed by atoms with Crippen LogP contribution >= 0.6 is 0 Å². The fourth-order valence-corrected chi connectivity index (χ4v) is 5.15. The Balaban J connectivity index is 1.54. The first kappa shape index (κ1) is 26.6. The summed E-state index contributed by atoms with van der Waals surface area (Å²) in [4.78, 5) is 30.8. The first-order chi connectivity index (χ1) is 18.0. The third-order valence-corrected chi connectivity index (χ3v) is 7.27. The van der Waals surface area contributed by atoms with E-state index in [9.17, 15) is 14.0 Å². The summed E-state index contributed by atoms with van der Waals surface area (Å²) in [6.07, 6.45) is 9.22. The predicted molar refractivity (Wildman–Crippen MR) is 145 cm³/mol. The monoisotopic (exact) mass is 503 g/mol. The van der Waals surface area contributed by atoms with E-state index in [0.717, 1.165) is 50.8 Å². The van der Waals surface area contributed by atoms with Crippen molar-refractivity contribution in [3.05, 3.63) is 95.6 Å². The Morgan fingerprint density at radius 2 is 1.68 bits per heavy atom. The fraction of sp³-hybridized carbons (Fsp3) is 0.419. The molecule has 0 N–H and O–H groups in total. The number of unbranched alkanes of at least 4 members (excludes halogenated alkanes) is 1. The minimum absolute atomic E-state index is 0.0223. The van der Waals surface area contributed by atoms with Crippen LogP contribution in [0.2, 0.25) is 0 Å². The summed E-state index contributed by atoms with van der Waals surface area (Å²) in [5.41, 5.74) is 2.71. The van der Waals surface area contributed by atoms with E-state index in [2.05, 4.69) is 35.9 Å². The number of aromatic nitrogens is 1. The molecule has 1 heterocycles. The summed E-state index contributed by atoms with van der Waals surface area (Å²) in [5.74, 6) is -0.626. The molecular weight excluding hydrogens is 465 g/mol. The molecule has 2 amide bonds. The van der Waals surface area contributed by atoms with E-state index in [1.54, 1.807) is 4.90 Å². The van der Waals surface area contributed by atoms with Gasteiger partial charge in [0.25, 0.3) is 5.91 Å². The Kier molecular flexibility index (Phi) is 9.52. The topological polar surface area (TPSA) is 45.6 Å². The van der Waals surface area contributed by atoms with Crippen LogP contribution in [0.5, 0.6) is 0 Å². The summed E-state index contributed by atoms with van der Waals surface area (Å²) >= 11 is 0. The van der Waals surface area contributed by atoms with Gasteiger partial charge in [0.1, 0.15) is 12.4 Å². The van der Waals surface area contributed by atoms with Crippen molar-refractivity contribution in [3.63, 3.8) is 0 Å². The minimum Gasteiger partial charge on any atom is -0.345 e. The van der Waals surface area contributed by atoms with Gasteiger partial charge in [-0.05, 0) is 61.2 Å². The van der Waals surface area contributed by atoms with Crippen LogP contribution in [0.25, 0.3) is 0 Å². The van der Waals surface area contributed by atoms with Crippen molar-refractivity contribution in [2.75, 3.05) is 13.1 Å². The van der Waals surface area contributed by atoms with Crippen LogP contribution in [0.4, 0.5) is 4.39 Å². The lowest BCUT2D eigenvalue weighted by Gasteiger charge is -2.36. The Morgan fingerprint density at radius 3 is 2.38 bits per heavy atom. The molecular formula is C31H38FN3O2. The molecule has 1 aliphatic carbocycles. The zero-order chi connectivity index (χ0) is 26.0. The molecule has 196 valence electrons. The van der Waals surface area contributed by atoms with Gasteiger partial charge in [0.05, 0.1) is 6.54 Å². The SMILES string of the molecule is CCCCN(CC(=O)N(Cc1cccn1Cc1ccccc1)C1CCCCC1)C(=O)c1ccc(F)cc1. The second-order valence-corrected chi connectivity index (χ2v) is 10.0. The Labute approximate surface area is 219 Å². The number of amides is 2. The number of carbonyl (C=O) groups excluding carboxylic acids is 2. The van der Waals surface area contributed by atoms with Gasteiger partial charge in [-0.25, -0.2) is 4.39 Å². The third-order valence-electron chi connectivity index (χ3n) is 7.27. The van der Waals surface area contributed by atoms with E-state index in [-0.39, 0.29) is 30.2 Å². The smallest absolute Gasteiger partial charge is 0.254 e. The van der Waals surface area contributed by atoms with Crippen LogP contribution in [-0.4, -0.2) is 45.3 Å². The average molecular weight is 504 g/mol. The van der Waals surface area contributed by atoms with Gasteiger partial charge < -0.3 is 14.4 Å². The first-order valence-electron chi connectivity index (χ1n) is 13.6. The Morgan fingerprint density at radius 1 is 0.946 bits per heavy atom. The number of carbonyl (C=O) groups is 2. The first-order valence-corrected chi connectivity index (χ1v) is 13.6. The number of rotatable bonds is 11. The molecule has 0 bridgehead atoms. The van der Waals surface area contributed by atoms with Gasteiger partial charge in [0, 0.05) is 36.6 Å². The molecule has 1 fully saturated rings. The molecule has 5 nitrogen and oxygen atoms in total. The van der Waals surface area contributed by atoms with Crippen LogP contribution in [0.15, 0.2) is 72.9 Å². The molecule has 6 heteroatoms. The lowest BCUT2D eigenvalue weighted by molar-refractivity contribution is -0.135. The number of hydrogen-bond acceptors (Lipinski definition) is 2. The molecule has 1 saturated carbocycles. The van der Waals surface area contributed by atoms with E-state index < -0.39 is 0 Å². The second-order valence-electron chi connectivity index (χ2n) is 10.0. The zero-order valence-electron chi connectivity index (χ0n) is 21.8. The molecule has 2 aromatic carbocycles. The highest BCUT2D eigenvalue weighted by molar-refractivity contribution is 5.96. The maximum absolute atomic E-state index is 13.9.